The van der Waals surface area contributed by atoms with Crippen molar-refractivity contribution in [2.24, 2.45) is 0 Å². The summed E-state index contributed by atoms with van der Waals surface area (Å²) in [4.78, 5) is 31.0. The number of hydrogen-bond donors (Lipinski definition) is 4. The molecule has 6 rings (SSSR count). The van der Waals surface area contributed by atoms with Crippen molar-refractivity contribution >= 4 is 39.2 Å². The van der Waals surface area contributed by atoms with E-state index in [1.807, 2.05) is 32.0 Å². The summed E-state index contributed by atoms with van der Waals surface area (Å²) in [6, 6.07) is 11.3. The predicted octanol–water partition coefficient (Wildman–Crippen LogP) is 6.22. The van der Waals surface area contributed by atoms with Crippen molar-refractivity contribution in [3.63, 3.8) is 0 Å². The molecule has 0 saturated heterocycles. The molecule has 12 heteroatoms. The van der Waals surface area contributed by atoms with E-state index in [-0.39, 0.29) is 11.7 Å². The first-order chi connectivity index (χ1) is 21.3. The Morgan fingerprint density at radius 3 is 2.64 bits per heavy atom. The topological polar surface area (TPSA) is 128 Å². The van der Waals surface area contributed by atoms with Crippen LogP contribution in [0.4, 0.5) is 20.2 Å². The molecule has 0 atom stereocenters. The largest absolute Gasteiger partial charge is 0.384 e. The van der Waals surface area contributed by atoms with E-state index in [2.05, 4.69) is 35.8 Å². The fraction of sp³-hybridized carbons (Fsp3) is 0.219. The zero-order valence-corrected chi connectivity index (χ0v) is 24.5. The molecule has 0 aliphatic carbocycles. The van der Waals surface area contributed by atoms with Crippen molar-refractivity contribution in [3.8, 4) is 33.9 Å². The van der Waals surface area contributed by atoms with E-state index in [1.165, 1.54) is 24.4 Å². The number of nitrogens with zero attached hydrogens (tertiary/aromatic N) is 5. The average molecular weight is 596 g/mol. The molecule has 44 heavy (non-hydrogen) atoms. The number of fused-ring (bicyclic) bond motifs is 2. The molecule has 6 aromatic rings. The van der Waals surface area contributed by atoms with Crippen molar-refractivity contribution in [1.29, 1.82) is 0 Å². The minimum absolute atomic E-state index is 0.131. The number of pyridine rings is 2. The fourth-order valence-electron chi connectivity index (χ4n) is 5.06. The van der Waals surface area contributed by atoms with Crippen molar-refractivity contribution in [2.45, 2.75) is 19.8 Å². The number of amides is 1. The van der Waals surface area contributed by atoms with Crippen LogP contribution in [-0.4, -0.2) is 68.1 Å². The Labute approximate surface area is 252 Å². The number of carbonyl (C=O) groups is 1. The number of carbonyl (C=O) groups excluding carboxylic acids is 1. The van der Waals surface area contributed by atoms with Gasteiger partial charge in [-0.15, -0.1) is 0 Å². The lowest BCUT2D eigenvalue weighted by Crippen LogP contribution is -2.20. The summed E-state index contributed by atoms with van der Waals surface area (Å²) in [7, 11) is 3.95. The summed E-state index contributed by atoms with van der Waals surface area (Å²) >= 11 is 0. The molecule has 0 aliphatic rings. The van der Waals surface area contributed by atoms with E-state index in [9.17, 15) is 9.18 Å². The summed E-state index contributed by atoms with van der Waals surface area (Å²) in [5, 5.41) is 14.0. The van der Waals surface area contributed by atoms with Crippen molar-refractivity contribution in [3.05, 3.63) is 72.7 Å². The van der Waals surface area contributed by atoms with Crippen molar-refractivity contribution in [2.75, 3.05) is 37.8 Å². The molecule has 0 unspecified atom stereocenters. The minimum Gasteiger partial charge on any atom is -0.384 e. The molecule has 10 nitrogen and oxygen atoms in total. The number of anilines is 2. The van der Waals surface area contributed by atoms with Gasteiger partial charge in [0, 0.05) is 65.7 Å². The quantitative estimate of drug-likeness (QED) is 0.148. The van der Waals surface area contributed by atoms with Gasteiger partial charge in [-0.2, -0.15) is 5.10 Å². The SMILES string of the molecule is CCCC(=O)Nc1cncc(-c2cc3c(-c4nc5c(-c6cc(F)cc(NCCN(C)C)c6)nccc5[nH]4)n[nH]c3cc2F)c1. The van der Waals surface area contributed by atoms with Gasteiger partial charge in [-0.1, -0.05) is 6.92 Å². The second kappa shape index (κ2) is 12.2. The number of aromatic nitrogens is 6. The smallest absolute Gasteiger partial charge is 0.224 e. The maximum absolute atomic E-state index is 15.3. The lowest BCUT2D eigenvalue weighted by Gasteiger charge is -2.12. The third kappa shape index (κ3) is 5.97. The first-order valence-corrected chi connectivity index (χ1v) is 14.3. The third-order valence-corrected chi connectivity index (χ3v) is 7.15. The molecular formula is C32H31F2N9O. The number of nitrogens with one attached hydrogen (secondary N) is 4. The van der Waals surface area contributed by atoms with Crippen LogP contribution in [0.15, 0.2) is 61.1 Å². The Kier molecular flexibility index (Phi) is 7.99. The number of halogens is 2. The number of likely N-dealkylation sites (N-methyl/N-ethyl adjacent to an activating group) is 1. The standard InChI is InChI=1S/C32H31F2N9O/c1-4-5-28(44)38-22-12-19(16-35-17-22)23-14-24-27(15-25(23)34)41-42-30(24)32-39-26-6-7-37-29(31(26)40-32)18-10-20(33)13-21(11-18)36-8-9-43(2)3/h6-7,10-17,36H,4-5,8-9H2,1-3H3,(H,38,44)(H,39,40)(H,41,42). The second-order valence-corrected chi connectivity index (χ2v) is 10.8. The van der Waals surface area contributed by atoms with Crippen LogP contribution in [-0.2, 0) is 4.79 Å². The van der Waals surface area contributed by atoms with E-state index < -0.39 is 5.82 Å². The van der Waals surface area contributed by atoms with E-state index in [4.69, 9.17) is 4.98 Å². The molecule has 1 amide bonds. The fourth-order valence-corrected chi connectivity index (χ4v) is 5.06. The van der Waals surface area contributed by atoms with Gasteiger partial charge < -0.3 is 20.5 Å². The van der Waals surface area contributed by atoms with Crippen LogP contribution in [0.1, 0.15) is 19.8 Å². The van der Waals surface area contributed by atoms with Crippen LogP contribution >= 0.6 is 0 Å². The highest BCUT2D eigenvalue weighted by molar-refractivity contribution is 5.98. The molecule has 0 radical (unpaired) electrons. The van der Waals surface area contributed by atoms with Gasteiger partial charge in [0.1, 0.15) is 22.8 Å². The number of imidazole rings is 1. The molecule has 4 heterocycles. The van der Waals surface area contributed by atoms with Gasteiger partial charge >= 0.3 is 0 Å². The third-order valence-electron chi connectivity index (χ3n) is 7.15. The molecule has 0 aliphatic heterocycles. The first-order valence-electron chi connectivity index (χ1n) is 14.3. The first kappa shape index (κ1) is 28.9. The van der Waals surface area contributed by atoms with Crippen LogP contribution in [0.3, 0.4) is 0 Å². The molecule has 4 aromatic heterocycles. The van der Waals surface area contributed by atoms with Crippen LogP contribution in [0.5, 0.6) is 0 Å². The summed E-state index contributed by atoms with van der Waals surface area (Å²) in [5.74, 6) is -0.546. The van der Waals surface area contributed by atoms with Gasteiger partial charge in [0.2, 0.25) is 5.91 Å². The number of H-pyrrole nitrogens is 2. The molecule has 0 fully saturated rings. The molecule has 224 valence electrons. The van der Waals surface area contributed by atoms with Gasteiger partial charge in [0.25, 0.3) is 0 Å². The highest BCUT2D eigenvalue weighted by Gasteiger charge is 2.19. The van der Waals surface area contributed by atoms with E-state index in [0.717, 1.165) is 6.54 Å². The molecular weight excluding hydrogens is 564 g/mol. The van der Waals surface area contributed by atoms with Crippen molar-refractivity contribution in [1.82, 2.24) is 35.0 Å². The van der Waals surface area contributed by atoms with Crippen LogP contribution < -0.4 is 10.6 Å². The minimum atomic E-state index is -0.469. The van der Waals surface area contributed by atoms with E-state index >= 15 is 4.39 Å². The van der Waals surface area contributed by atoms with Gasteiger partial charge in [0.15, 0.2) is 5.82 Å². The van der Waals surface area contributed by atoms with Crippen molar-refractivity contribution < 1.29 is 13.6 Å². The molecule has 0 bridgehead atoms. The maximum Gasteiger partial charge on any atom is 0.224 e. The number of rotatable bonds is 10. The molecule has 0 saturated carbocycles. The second-order valence-electron chi connectivity index (χ2n) is 10.8. The lowest BCUT2D eigenvalue weighted by atomic mass is 10.0. The van der Waals surface area contributed by atoms with Gasteiger partial charge in [0.05, 0.1) is 28.6 Å². The highest BCUT2D eigenvalue weighted by atomic mass is 19.1. The highest BCUT2D eigenvalue weighted by Crippen LogP contribution is 2.34. The maximum atomic E-state index is 15.3. The normalized spacial score (nSPS) is 11.5. The monoisotopic (exact) mass is 595 g/mol. The summed E-state index contributed by atoms with van der Waals surface area (Å²) in [6.45, 7) is 3.37. The van der Waals surface area contributed by atoms with Gasteiger partial charge in [-0.25, -0.2) is 13.8 Å². The molecule has 4 N–H and O–H groups in total. The summed E-state index contributed by atoms with van der Waals surface area (Å²) in [6.07, 6.45) is 5.80. The average Bonchev–Trinajstić information content (AvgIpc) is 3.60. The van der Waals surface area contributed by atoms with E-state index in [1.54, 1.807) is 30.6 Å². The number of benzene rings is 2. The summed E-state index contributed by atoms with van der Waals surface area (Å²) < 4.78 is 29.9. The Bertz CT molecular complexity index is 1980. The number of hydrogen-bond acceptors (Lipinski definition) is 7. The summed E-state index contributed by atoms with van der Waals surface area (Å²) in [5.41, 5.74) is 5.23. The van der Waals surface area contributed by atoms with Gasteiger partial charge in [-0.3, -0.25) is 19.9 Å². The zero-order chi connectivity index (χ0) is 30.8. The Morgan fingerprint density at radius 2 is 1.82 bits per heavy atom. The van der Waals surface area contributed by atoms with Crippen LogP contribution in [0.2, 0.25) is 0 Å². The Hall–Kier alpha value is -5.23. The zero-order valence-electron chi connectivity index (χ0n) is 24.5. The Morgan fingerprint density at radius 1 is 0.977 bits per heavy atom. The van der Waals surface area contributed by atoms with Gasteiger partial charge in [-0.05, 0) is 56.9 Å². The van der Waals surface area contributed by atoms with Crippen LogP contribution in [0.25, 0.3) is 55.8 Å². The Balaban J connectivity index is 1.37. The molecule has 0 spiro atoms. The number of aromatic amines is 2. The lowest BCUT2D eigenvalue weighted by molar-refractivity contribution is -0.116. The van der Waals surface area contributed by atoms with Crippen LogP contribution in [0, 0.1) is 11.6 Å². The van der Waals surface area contributed by atoms with E-state index in [0.29, 0.717) is 86.6 Å². The molecule has 2 aromatic carbocycles. The predicted molar refractivity (Wildman–Crippen MR) is 168 cm³/mol.